The first-order valence-corrected chi connectivity index (χ1v) is 12.7. The largest absolute Gasteiger partial charge is 0.397 e. The summed E-state index contributed by atoms with van der Waals surface area (Å²) in [5, 5.41) is 36.6. The van der Waals surface area contributed by atoms with Crippen LogP contribution in [0.25, 0.3) is 16.5 Å². The van der Waals surface area contributed by atoms with Crippen LogP contribution in [0, 0.1) is 18.6 Å². The van der Waals surface area contributed by atoms with Crippen molar-refractivity contribution in [2.75, 3.05) is 25.6 Å². The number of anilines is 1. The van der Waals surface area contributed by atoms with E-state index in [0.717, 1.165) is 27.4 Å². The van der Waals surface area contributed by atoms with Crippen molar-refractivity contribution in [3.63, 3.8) is 0 Å². The van der Waals surface area contributed by atoms with Gasteiger partial charge in [-0.2, -0.15) is 0 Å². The van der Waals surface area contributed by atoms with Crippen LogP contribution in [-0.4, -0.2) is 65.8 Å². The van der Waals surface area contributed by atoms with Crippen molar-refractivity contribution >= 4 is 33.9 Å². The average molecular weight is 532 g/mol. The maximum absolute atomic E-state index is 13.8. The number of rotatable bonds is 7. The molecule has 198 valence electrons. The van der Waals surface area contributed by atoms with Crippen molar-refractivity contribution in [2.24, 2.45) is 5.73 Å². The molecule has 3 aromatic carbocycles. The lowest BCUT2D eigenvalue weighted by Gasteiger charge is -2.42. The lowest BCUT2D eigenvalue weighted by atomic mass is 9.97. The highest BCUT2D eigenvalue weighted by molar-refractivity contribution is 7.99. The van der Waals surface area contributed by atoms with Crippen LogP contribution >= 0.6 is 11.8 Å². The van der Waals surface area contributed by atoms with Crippen LogP contribution < -0.4 is 16.0 Å². The normalized spacial score (nSPS) is 24.3. The average Bonchev–Trinajstić information content (AvgIpc) is 2.87. The Labute approximate surface area is 218 Å². The number of halogens is 2. The highest BCUT2D eigenvalue weighted by Gasteiger charge is 2.44. The van der Waals surface area contributed by atoms with E-state index < -0.39 is 48.0 Å². The quantitative estimate of drug-likeness (QED) is 0.317. The van der Waals surface area contributed by atoms with Gasteiger partial charge in [-0.15, -0.1) is 0 Å². The lowest BCUT2D eigenvalue weighted by molar-refractivity contribution is -0.164. The third kappa shape index (κ3) is 5.68. The van der Waals surface area contributed by atoms with Crippen molar-refractivity contribution in [3.05, 3.63) is 77.5 Å². The van der Waals surface area contributed by atoms with Gasteiger partial charge in [0.05, 0.1) is 18.3 Å². The molecule has 4 rings (SSSR count). The molecule has 1 aliphatic heterocycles. The molecule has 5 unspecified atom stereocenters. The van der Waals surface area contributed by atoms with Crippen LogP contribution in [0.5, 0.6) is 0 Å². The molecule has 0 radical (unpaired) electrons. The zero-order valence-electron chi connectivity index (χ0n) is 20.7. The molecule has 3 aromatic rings. The standard InChI is InChI=1S/C27H31F2N3O4S/c1-14-9-16(11-19(28)23(14)29)20(30)12-31-24-25(34)22(13-33)36-27(26(24)35)37-17-7-8-18-15(10-17)5-4-6-21(18)32(2)3/h4-12,22,24-27,31,33-35H,13,30H2,1-3H3/b20-12-. The molecule has 1 fully saturated rings. The second kappa shape index (κ2) is 11.2. The first-order chi connectivity index (χ1) is 17.6. The molecular weight excluding hydrogens is 500 g/mol. The molecule has 1 aliphatic rings. The molecule has 5 atom stereocenters. The summed E-state index contributed by atoms with van der Waals surface area (Å²) in [7, 11) is 3.96. The van der Waals surface area contributed by atoms with Crippen molar-refractivity contribution in [1.29, 1.82) is 0 Å². The number of ether oxygens (including phenoxy) is 1. The Morgan fingerprint density at radius 1 is 1.14 bits per heavy atom. The Morgan fingerprint density at radius 3 is 2.57 bits per heavy atom. The molecular formula is C27H31F2N3O4S. The number of aryl methyl sites for hydroxylation is 1. The van der Waals surface area contributed by atoms with Crippen molar-refractivity contribution < 1.29 is 28.8 Å². The zero-order valence-corrected chi connectivity index (χ0v) is 21.5. The molecule has 0 saturated carbocycles. The van der Waals surface area contributed by atoms with Crippen LogP contribution in [0.2, 0.25) is 0 Å². The molecule has 0 bridgehead atoms. The first-order valence-electron chi connectivity index (χ1n) is 11.8. The third-order valence-electron chi connectivity index (χ3n) is 6.42. The molecule has 37 heavy (non-hydrogen) atoms. The van der Waals surface area contributed by atoms with Crippen LogP contribution in [0.15, 0.2) is 59.6 Å². The van der Waals surface area contributed by atoms with Crippen LogP contribution in [0.3, 0.4) is 0 Å². The summed E-state index contributed by atoms with van der Waals surface area (Å²) in [6, 6.07) is 13.4. The lowest BCUT2D eigenvalue weighted by Crippen LogP contribution is -2.62. The van der Waals surface area contributed by atoms with Gasteiger partial charge in [-0.05, 0) is 48.2 Å². The van der Waals surface area contributed by atoms with Crippen molar-refractivity contribution in [3.8, 4) is 0 Å². The van der Waals surface area contributed by atoms with Gasteiger partial charge in [0.25, 0.3) is 0 Å². The third-order valence-corrected chi connectivity index (χ3v) is 7.57. The van der Waals surface area contributed by atoms with Gasteiger partial charge in [0.15, 0.2) is 11.6 Å². The number of nitrogens with one attached hydrogen (secondary N) is 1. The van der Waals surface area contributed by atoms with Gasteiger partial charge in [-0.25, -0.2) is 8.78 Å². The minimum absolute atomic E-state index is 0.0869. The number of hydrogen-bond donors (Lipinski definition) is 5. The molecule has 0 aromatic heterocycles. The van der Waals surface area contributed by atoms with Gasteiger partial charge in [-0.1, -0.05) is 30.0 Å². The summed E-state index contributed by atoms with van der Waals surface area (Å²) >= 11 is 1.27. The molecule has 10 heteroatoms. The Kier molecular flexibility index (Phi) is 8.25. The molecule has 6 N–H and O–H groups in total. The predicted molar refractivity (Wildman–Crippen MR) is 142 cm³/mol. The minimum Gasteiger partial charge on any atom is -0.397 e. The number of thioether (sulfide) groups is 1. The molecule has 0 aliphatic carbocycles. The Morgan fingerprint density at radius 2 is 1.89 bits per heavy atom. The smallest absolute Gasteiger partial charge is 0.161 e. The van der Waals surface area contributed by atoms with E-state index >= 15 is 0 Å². The number of aliphatic hydroxyl groups is 3. The monoisotopic (exact) mass is 531 g/mol. The Hall–Kier alpha value is -2.89. The van der Waals surface area contributed by atoms with Gasteiger partial charge >= 0.3 is 0 Å². The summed E-state index contributed by atoms with van der Waals surface area (Å²) in [5.74, 6) is -1.97. The van der Waals surface area contributed by atoms with E-state index in [4.69, 9.17) is 10.5 Å². The van der Waals surface area contributed by atoms with E-state index in [-0.39, 0.29) is 16.8 Å². The topological polar surface area (TPSA) is 111 Å². The summed E-state index contributed by atoms with van der Waals surface area (Å²) in [6.07, 6.45) is -2.09. The number of fused-ring (bicyclic) bond motifs is 1. The molecule has 1 heterocycles. The fraction of sp³-hybridized carbons (Fsp3) is 0.333. The molecule has 1 saturated heterocycles. The second-order valence-electron chi connectivity index (χ2n) is 9.26. The molecule has 0 spiro atoms. The number of hydrogen-bond acceptors (Lipinski definition) is 8. The molecule has 7 nitrogen and oxygen atoms in total. The van der Waals surface area contributed by atoms with E-state index in [1.807, 2.05) is 55.4 Å². The minimum atomic E-state index is -1.26. The number of nitrogens with two attached hydrogens (primary N) is 1. The fourth-order valence-electron chi connectivity index (χ4n) is 4.39. The predicted octanol–water partition coefficient (Wildman–Crippen LogP) is 2.94. The van der Waals surface area contributed by atoms with Gasteiger partial charge in [0, 0.05) is 41.8 Å². The number of nitrogens with zero attached hydrogens (tertiary/aromatic N) is 1. The van der Waals surface area contributed by atoms with Gasteiger partial charge in [-0.3, -0.25) is 0 Å². The van der Waals surface area contributed by atoms with E-state index in [0.29, 0.717) is 0 Å². The Bertz CT molecular complexity index is 1280. The summed E-state index contributed by atoms with van der Waals surface area (Å²) < 4.78 is 33.3. The van der Waals surface area contributed by atoms with Crippen LogP contribution in [-0.2, 0) is 4.74 Å². The maximum atomic E-state index is 13.8. The zero-order chi connectivity index (χ0) is 26.9. The van der Waals surface area contributed by atoms with Gasteiger partial charge < -0.3 is 36.0 Å². The van der Waals surface area contributed by atoms with E-state index in [1.54, 1.807) is 0 Å². The number of aliphatic hydroxyl groups excluding tert-OH is 3. The highest BCUT2D eigenvalue weighted by atomic mass is 32.2. The summed E-state index contributed by atoms with van der Waals surface area (Å²) in [5.41, 5.74) is 6.76. The van der Waals surface area contributed by atoms with Gasteiger partial charge in [0.1, 0.15) is 23.7 Å². The van der Waals surface area contributed by atoms with Crippen LogP contribution in [0.4, 0.5) is 14.5 Å². The highest BCUT2D eigenvalue weighted by Crippen LogP contribution is 2.36. The SMILES string of the molecule is Cc1cc(/C(N)=C/NC2C(O)C(CO)OC(Sc3ccc4c(N(C)C)cccc4c3)C2O)cc(F)c1F. The fourth-order valence-corrected chi connectivity index (χ4v) is 5.50. The molecule has 0 amide bonds. The van der Waals surface area contributed by atoms with Gasteiger partial charge in [0.2, 0.25) is 0 Å². The summed E-state index contributed by atoms with van der Waals surface area (Å²) in [4.78, 5) is 2.87. The van der Waals surface area contributed by atoms with E-state index in [2.05, 4.69) is 5.32 Å². The number of benzene rings is 3. The first kappa shape index (κ1) is 27.2. The van der Waals surface area contributed by atoms with E-state index in [9.17, 15) is 24.1 Å². The maximum Gasteiger partial charge on any atom is 0.161 e. The summed E-state index contributed by atoms with van der Waals surface area (Å²) in [6.45, 7) is 0.963. The second-order valence-corrected chi connectivity index (χ2v) is 10.4. The Balaban J connectivity index is 1.55. The van der Waals surface area contributed by atoms with Crippen molar-refractivity contribution in [1.82, 2.24) is 5.32 Å². The van der Waals surface area contributed by atoms with Crippen LogP contribution in [0.1, 0.15) is 11.1 Å². The van der Waals surface area contributed by atoms with Crippen molar-refractivity contribution in [2.45, 2.75) is 41.6 Å². The van der Waals surface area contributed by atoms with E-state index in [1.165, 1.54) is 31.0 Å².